The zero-order valence-electron chi connectivity index (χ0n) is 9.19. The molecular formula is C12H10F3NO2. The number of oxime groups is 1. The number of rotatable bonds is 2. The second-order valence-corrected chi connectivity index (χ2v) is 3.88. The molecule has 1 aromatic rings. The SMILES string of the molecule is OC1(C(F)(F)F)CC(/C=C/c2ccccc2)=NO1. The maximum Gasteiger partial charge on any atom is 0.458 e. The molecule has 1 heterocycles. The fraction of sp³-hybridized carbons (Fsp3) is 0.250. The van der Waals surface area contributed by atoms with E-state index in [-0.39, 0.29) is 5.71 Å². The van der Waals surface area contributed by atoms with Crippen LogP contribution in [0.3, 0.4) is 0 Å². The van der Waals surface area contributed by atoms with Crippen LogP contribution in [0.25, 0.3) is 6.08 Å². The van der Waals surface area contributed by atoms with Gasteiger partial charge in [-0.25, -0.2) is 0 Å². The minimum atomic E-state index is -4.86. The fourth-order valence-corrected chi connectivity index (χ4v) is 1.44. The average molecular weight is 257 g/mol. The Labute approximate surface area is 101 Å². The first kappa shape index (κ1) is 12.6. The number of hydrogen-bond acceptors (Lipinski definition) is 3. The maximum absolute atomic E-state index is 12.4. The zero-order chi connectivity index (χ0) is 13.2. The molecule has 1 aromatic carbocycles. The van der Waals surface area contributed by atoms with Crippen LogP contribution >= 0.6 is 0 Å². The molecule has 0 amide bonds. The summed E-state index contributed by atoms with van der Waals surface area (Å²) in [6.45, 7) is 0. The van der Waals surface area contributed by atoms with Gasteiger partial charge in [0.2, 0.25) is 0 Å². The highest BCUT2D eigenvalue weighted by molar-refractivity contribution is 5.99. The number of alkyl halides is 3. The first-order chi connectivity index (χ1) is 8.41. The molecule has 1 unspecified atom stereocenters. The van der Waals surface area contributed by atoms with E-state index in [2.05, 4.69) is 9.99 Å². The molecule has 0 spiro atoms. The molecule has 0 radical (unpaired) electrons. The zero-order valence-corrected chi connectivity index (χ0v) is 9.19. The van der Waals surface area contributed by atoms with Crippen molar-refractivity contribution in [3.05, 3.63) is 42.0 Å². The van der Waals surface area contributed by atoms with E-state index >= 15 is 0 Å². The Morgan fingerprint density at radius 3 is 2.44 bits per heavy atom. The van der Waals surface area contributed by atoms with Gasteiger partial charge in [-0.2, -0.15) is 13.2 Å². The highest BCUT2D eigenvalue weighted by Crippen LogP contribution is 2.37. The molecule has 0 saturated carbocycles. The molecular weight excluding hydrogens is 247 g/mol. The molecule has 6 heteroatoms. The molecule has 1 N–H and O–H groups in total. The predicted molar refractivity (Wildman–Crippen MR) is 59.6 cm³/mol. The Morgan fingerprint density at radius 1 is 1.22 bits per heavy atom. The van der Waals surface area contributed by atoms with Crippen LogP contribution in [0.5, 0.6) is 0 Å². The second kappa shape index (κ2) is 4.45. The third-order valence-electron chi connectivity index (χ3n) is 2.45. The standard InChI is InChI=1S/C12H10F3NO2/c13-12(14,15)11(17)8-10(16-18-11)7-6-9-4-2-1-3-5-9/h1-7,17H,8H2/b7-6+. The van der Waals surface area contributed by atoms with Crippen molar-refractivity contribution in [3.8, 4) is 0 Å². The minimum Gasteiger partial charge on any atom is -0.350 e. The molecule has 0 fully saturated rings. The first-order valence-corrected chi connectivity index (χ1v) is 5.18. The highest BCUT2D eigenvalue weighted by atomic mass is 19.4. The molecule has 2 rings (SSSR count). The van der Waals surface area contributed by atoms with Crippen LogP contribution in [0.4, 0.5) is 13.2 Å². The summed E-state index contributed by atoms with van der Waals surface area (Å²) in [5, 5.41) is 12.4. The van der Waals surface area contributed by atoms with E-state index in [0.29, 0.717) is 0 Å². The van der Waals surface area contributed by atoms with Crippen LogP contribution in [0.1, 0.15) is 12.0 Å². The van der Waals surface area contributed by atoms with E-state index in [1.807, 2.05) is 6.07 Å². The van der Waals surface area contributed by atoms with Crippen molar-refractivity contribution in [1.82, 2.24) is 0 Å². The van der Waals surface area contributed by atoms with Gasteiger partial charge in [0.05, 0.1) is 12.1 Å². The van der Waals surface area contributed by atoms with Crippen LogP contribution in [-0.4, -0.2) is 22.8 Å². The van der Waals surface area contributed by atoms with E-state index in [1.54, 1.807) is 30.3 Å². The second-order valence-electron chi connectivity index (χ2n) is 3.88. The normalized spacial score (nSPS) is 24.1. The Kier molecular flexibility index (Phi) is 3.13. The van der Waals surface area contributed by atoms with E-state index < -0.39 is 18.4 Å². The van der Waals surface area contributed by atoms with Crippen molar-refractivity contribution < 1.29 is 23.1 Å². The Morgan fingerprint density at radius 2 is 1.89 bits per heavy atom. The van der Waals surface area contributed by atoms with Gasteiger partial charge in [-0.1, -0.05) is 41.6 Å². The van der Waals surface area contributed by atoms with E-state index in [0.717, 1.165) is 5.56 Å². The van der Waals surface area contributed by atoms with Crippen LogP contribution in [-0.2, 0) is 4.84 Å². The minimum absolute atomic E-state index is 0.0404. The van der Waals surface area contributed by atoms with Crippen molar-refractivity contribution in [2.45, 2.75) is 18.4 Å². The van der Waals surface area contributed by atoms with Crippen molar-refractivity contribution in [2.24, 2.45) is 5.16 Å². The van der Waals surface area contributed by atoms with Crippen molar-refractivity contribution in [3.63, 3.8) is 0 Å². The quantitative estimate of drug-likeness (QED) is 0.885. The van der Waals surface area contributed by atoms with E-state index in [4.69, 9.17) is 0 Å². The number of benzene rings is 1. The van der Waals surface area contributed by atoms with Gasteiger partial charge in [0.1, 0.15) is 0 Å². The van der Waals surface area contributed by atoms with Gasteiger partial charge in [-0.15, -0.1) is 0 Å². The van der Waals surface area contributed by atoms with Gasteiger partial charge in [-0.3, -0.25) is 0 Å². The van der Waals surface area contributed by atoms with Gasteiger partial charge in [0.25, 0.3) is 0 Å². The Balaban J connectivity index is 2.04. The molecule has 0 saturated heterocycles. The number of nitrogens with zero attached hydrogens (tertiary/aromatic N) is 1. The molecule has 0 bridgehead atoms. The van der Waals surface area contributed by atoms with Gasteiger partial charge >= 0.3 is 12.0 Å². The fourth-order valence-electron chi connectivity index (χ4n) is 1.44. The van der Waals surface area contributed by atoms with Crippen molar-refractivity contribution in [2.75, 3.05) is 0 Å². The molecule has 1 aliphatic heterocycles. The van der Waals surface area contributed by atoms with Crippen molar-refractivity contribution in [1.29, 1.82) is 0 Å². The van der Waals surface area contributed by atoms with Gasteiger partial charge in [-0.05, 0) is 11.6 Å². The van der Waals surface area contributed by atoms with Crippen LogP contribution in [0.2, 0.25) is 0 Å². The van der Waals surface area contributed by atoms with E-state index in [9.17, 15) is 18.3 Å². The lowest BCUT2D eigenvalue weighted by Gasteiger charge is -2.22. The Hall–Kier alpha value is -1.82. The summed E-state index contributed by atoms with van der Waals surface area (Å²) >= 11 is 0. The van der Waals surface area contributed by atoms with Gasteiger partial charge in [0.15, 0.2) is 0 Å². The lowest BCUT2D eigenvalue weighted by atomic mass is 10.1. The molecule has 0 aliphatic carbocycles. The Bertz CT molecular complexity index is 482. The number of aliphatic hydroxyl groups is 1. The largest absolute Gasteiger partial charge is 0.458 e. The number of allylic oxidation sites excluding steroid dienone is 1. The lowest BCUT2D eigenvalue weighted by Crippen LogP contribution is -2.45. The first-order valence-electron chi connectivity index (χ1n) is 5.18. The number of hydrogen-bond donors (Lipinski definition) is 1. The third kappa shape index (κ3) is 2.53. The summed E-state index contributed by atoms with van der Waals surface area (Å²) in [7, 11) is 0. The molecule has 1 aliphatic rings. The van der Waals surface area contributed by atoms with Crippen LogP contribution in [0.15, 0.2) is 41.6 Å². The van der Waals surface area contributed by atoms with Crippen LogP contribution < -0.4 is 0 Å². The summed E-state index contributed by atoms with van der Waals surface area (Å²) in [5.74, 6) is -3.20. The van der Waals surface area contributed by atoms with Gasteiger partial charge in [0, 0.05) is 0 Å². The topological polar surface area (TPSA) is 41.8 Å². The molecule has 3 nitrogen and oxygen atoms in total. The molecule has 18 heavy (non-hydrogen) atoms. The third-order valence-corrected chi connectivity index (χ3v) is 2.45. The smallest absolute Gasteiger partial charge is 0.350 e. The predicted octanol–water partition coefficient (Wildman–Crippen LogP) is 2.73. The van der Waals surface area contributed by atoms with E-state index in [1.165, 1.54) is 6.08 Å². The maximum atomic E-state index is 12.4. The summed E-state index contributed by atoms with van der Waals surface area (Å²) < 4.78 is 37.2. The average Bonchev–Trinajstić information content (AvgIpc) is 2.71. The highest BCUT2D eigenvalue weighted by Gasteiger charge is 2.60. The summed E-state index contributed by atoms with van der Waals surface area (Å²) in [5.41, 5.74) is 0.862. The lowest BCUT2D eigenvalue weighted by molar-refractivity contribution is -0.355. The van der Waals surface area contributed by atoms with Gasteiger partial charge < -0.3 is 9.94 Å². The molecule has 1 atom stereocenters. The number of halogens is 3. The molecule has 96 valence electrons. The molecule has 0 aromatic heterocycles. The van der Waals surface area contributed by atoms with Crippen molar-refractivity contribution >= 4 is 11.8 Å². The summed E-state index contributed by atoms with van der Waals surface area (Å²) in [6, 6.07) is 9.03. The summed E-state index contributed by atoms with van der Waals surface area (Å²) in [4.78, 5) is 4.07. The van der Waals surface area contributed by atoms with Crippen LogP contribution in [0, 0.1) is 0 Å². The monoisotopic (exact) mass is 257 g/mol. The summed E-state index contributed by atoms with van der Waals surface area (Å²) in [6.07, 6.45) is -2.58.